The fourth-order valence-corrected chi connectivity index (χ4v) is 4.53. The predicted molar refractivity (Wildman–Crippen MR) is 147 cm³/mol. The molecule has 1 atom stereocenters. The molecule has 0 radical (unpaired) electrons. The Hall–Kier alpha value is -3.72. The molecule has 2 fully saturated rings. The van der Waals surface area contributed by atoms with Crippen molar-refractivity contribution in [3.63, 3.8) is 0 Å². The molecule has 1 saturated heterocycles. The summed E-state index contributed by atoms with van der Waals surface area (Å²) in [6, 6.07) is 18.6. The van der Waals surface area contributed by atoms with E-state index >= 15 is 0 Å². The van der Waals surface area contributed by atoms with Gasteiger partial charge >= 0.3 is 17.9 Å². The number of ether oxygens (including phenoxy) is 3. The molecular weight excluding hydrogens is 512 g/mol. The van der Waals surface area contributed by atoms with Gasteiger partial charge in [0.15, 0.2) is 0 Å². The quantitative estimate of drug-likeness (QED) is 0.276. The van der Waals surface area contributed by atoms with Gasteiger partial charge in [-0.25, -0.2) is 0 Å². The third kappa shape index (κ3) is 8.91. The molecule has 1 amide bonds. The van der Waals surface area contributed by atoms with Crippen molar-refractivity contribution in [1.82, 2.24) is 9.80 Å². The van der Waals surface area contributed by atoms with Crippen molar-refractivity contribution in [3.8, 4) is 0 Å². The van der Waals surface area contributed by atoms with Crippen LogP contribution >= 0.6 is 0 Å². The van der Waals surface area contributed by atoms with Gasteiger partial charge in [0.05, 0.1) is 18.0 Å². The molecule has 1 saturated carbocycles. The highest BCUT2D eigenvalue weighted by atomic mass is 16.5. The van der Waals surface area contributed by atoms with Crippen molar-refractivity contribution in [1.29, 1.82) is 0 Å². The maximum Gasteiger partial charge on any atom is 0.320 e. The SMILES string of the molecule is CC1(C(=O)OCC2CN(C(=O)CCCC(=O)OCc3ccccc3)CCN2CC(=O)OCc2ccccc2)CC1. The van der Waals surface area contributed by atoms with E-state index < -0.39 is 5.41 Å². The fourth-order valence-electron chi connectivity index (χ4n) is 4.53. The number of carbonyl (C=O) groups excluding carboxylic acids is 4. The molecular formula is C31H38N2O7. The molecule has 0 bridgehead atoms. The lowest BCUT2D eigenvalue weighted by Gasteiger charge is -2.40. The Labute approximate surface area is 235 Å². The molecule has 9 heteroatoms. The monoisotopic (exact) mass is 550 g/mol. The van der Waals surface area contributed by atoms with Gasteiger partial charge in [-0.1, -0.05) is 60.7 Å². The van der Waals surface area contributed by atoms with Crippen LogP contribution in [0.15, 0.2) is 60.7 Å². The van der Waals surface area contributed by atoms with Crippen molar-refractivity contribution >= 4 is 23.8 Å². The van der Waals surface area contributed by atoms with Crippen LogP contribution in [0.4, 0.5) is 0 Å². The van der Waals surface area contributed by atoms with Crippen LogP contribution < -0.4 is 0 Å². The summed E-state index contributed by atoms with van der Waals surface area (Å²) in [5.74, 6) is -1.03. The maximum absolute atomic E-state index is 13.0. The summed E-state index contributed by atoms with van der Waals surface area (Å²) in [5.41, 5.74) is 1.40. The number of carbonyl (C=O) groups is 4. The van der Waals surface area contributed by atoms with Crippen LogP contribution in [0, 0.1) is 5.41 Å². The van der Waals surface area contributed by atoms with Gasteiger partial charge in [0, 0.05) is 32.5 Å². The molecule has 2 aliphatic rings. The van der Waals surface area contributed by atoms with Crippen LogP contribution in [0.5, 0.6) is 0 Å². The van der Waals surface area contributed by atoms with Crippen LogP contribution in [0.1, 0.15) is 50.2 Å². The van der Waals surface area contributed by atoms with E-state index in [0.29, 0.717) is 26.1 Å². The number of rotatable bonds is 13. The number of esters is 3. The van der Waals surface area contributed by atoms with Crippen LogP contribution in [-0.2, 0) is 46.6 Å². The molecule has 1 unspecified atom stereocenters. The van der Waals surface area contributed by atoms with Crippen molar-refractivity contribution in [2.75, 3.05) is 32.8 Å². The molecule has 2 aromatic carbocycles. The number of benzene rings is 2. The van der Waals surface area contributed by atoms with Crippen LogP contribution in [0.25, 0.3) is 0 Å². The summed E-state index contributed by atoms with van der Waals surface area (Å²) in [4.78, 5) is 53.8. The Balaban J connectivity index is 1.24. The third-order valence-corrected chi connectivity index (χ3v) is 7.45. The molecule has 0 aromatic heterocycles. The van der Waals surface area contributed by atoms with Gasteiger partial charge in [-0.3, -0.25) is 24.1 Å². The zero-order valence-corrected chi connectivity index (χ0v) is 23.1. The Morgan fingerprint density at radius 1 is 0.800 bits per heavy atom. The van der Waals surface area contributed by atoms with Crippen LogP contribution in [-0.4, -0.2) is 72.4 Å². The molecule has 4 rings (SSSR count). The lowest BCUT2D eigenvalue weighted by atomic mass is 10.1. The minimum atomic E-state index is -0.418. The topological polar surface area (TPSA) is 102 Å². The minimum absolute atomic E-state index is 0.0433. The second-order valence-electron chi connectivity index (χ2n) is 10.8. The number of hydrogen-bond acceptors (Lipinski definition) is 8. The molecule has 40 heavy (non-hydrogen) atoms. The number of nitrogens with zero attached hydrogens (tertiary/aromatic N) is 2. The first-order valence-electron chi connectivity index (χ1n) is 13.9. The average molecular weight is 551 g/mol. The minimum Gasteiger partial charge on any atom is -0.464 e. The summed E-state index contributed by atoms with van der Waals surface area (Å²) < 4.78 is 16.4. The molecule has 0 N–H and O–H groups in total. The Bertz CT molecular complexity index is 1150. The van der Waals surface area contributed by atoms with E-state index in [0.717, 1.165) is 24.0 Å². The molecule has 1 aliphatic heterocycles. The number of hydrogen-bond donors (Lipinski definition) is 0. The van der Waals surface area contributed by atoms with E-state index in [1.165, 1.54) is 0 Å². The lowest BCUT2D eigenvalue weighted by molar-refractivity contribution is -0.154. The van der Waals surface area contributed by atoms with E-state index in [4.69, 9.17) is 14.2 Å². The molecule has 214 valence electrons. The van der Waals surface area contributed by atoms with Crippen molar-refractivity contribution < 1.29 is 33.4 Å². The lowest BCUT2D eigenvalue weighted by Crippen LogP contribution is -2.57. The Kier molecular flexibility index (Phi) is 10.3. The Morgan fingerprint density at radius 2 is 1.40 bits per heavy atom. The molecule has 0 spiro atoms. The van der Waals surface area contributed by atoms with E-state index in [1.807, 2.05) is 72.5 Å². The van der Waals surface area contributed by atoms with Gasteiger partial charge in [-0.05, 0) is 37.3 Å². The molecule has 1 aliphatic carbocycles. The summed E-state index contributed by atoms with van der Waals surface area (Å²) in [6.45, 7) is 3.63. The summed E-state index contributed by atoms with van der Waals surface area (Å²) >= 11 is 0. The second kappa shape index (κ2) is 14.1. The first kappa shape index (κ1) is 29.3. The number of amides is 1. The van der Waals surface area contributed by atoms with Crippen LogP contribution in [0.2, 0.25) is 0 Å². The molecule has 2 aromatic rings. The first-order valence-corrected chi connectivity index (χ1v) is 13.9. The Morgan fingerprint density at radius 3 is 2.00 bits per heavy atom. The van der Waals surface area contributed by atoms with Gasteiger partial charge in [0.2, 0.25) is 5.91 Å². The molecule has 1 heterocycles. The van der Waals surface area contributed by atoms with Gasteiger partial charge in [0.1, 0.15) is 19.8 Å². The van der Waals surface area contributed by atoms with Crippen molar-refractivity contribution in [3.05, 3.63) is 71.8 Å². The van der Waals surface area contributed by atoms with Crippen molar-refractivity contribution in [2.45, 2.75) is 58.3 Å². The highest BCUT2D eigenvalue weighted by Gasteiger charge is 2.47. The van der Waals surface area contributed by atoms with E-state index in [2.05, 4.69) is 0 Å². The van der Waals surface area contributed by atoms with Gasteiger partial charge in [0.25, 0.3) is 0 Å². The third-order valence-electron chi connectivity index (χ3n) is 7.45. The average Bonchev–Trinajstić information content (AvgIpc) is 3.73. The largest absolute Gasteiger partial charge is 0.464 e. The van der Waals surface area contributed by atoms with E-state index in [-0.39, 0.29) is 69.1 Å². The second-order valence-corrected chi connectivity index (χ2v) is 10.8. The van der Waals surface area contributed by atoms with Gasteiger partial charge in [-0.2, -0.15) is 0 Å². The fraction of sp³-hybridized carbons (Fsp3) is 0.484. The number of piperazine rings is 1. The normalized spacial score (nSPS) is 18.0. The standard InChI is InChI=1S/C31H38N2O7/c1-31(15-16-31)30(37)40-23-26-19-33(18-17-32(26)20-29(36)39-22-25-11-6-3-7-12-25)27(34)13-8-14-28(35)38-21-24-9-4-2-5-10-24/h2-7,9-12,26H,8,13-23H2,1H3. The zero-order valence-electron chi connectivity index (χ0n) is 23.1. The van der Waals surface area contributed by atoms with E-state index in [9.17, 15) is 19.2 Å². The highest BCUT2D eigenvalue weighted by Crippen LogP contribution is 2.46. The highest BCUT2D eigenvalue weighted by molar-refractivity contribution is 5.79. The molecule has 9 nitrogen and oxygen atoms in total. The predicted octanol–water partition coefficient (Wildman–Crippen LogP) is 3.50. The summed E-state index contributed by atoms with van der Waals surface area (Å²) in [6.07, 6.45) is 2.38. The van der Waals surface area contributed by atoms with Crippen LogP contribution in [0.3, 0.4) is 0 Å². The van der Waals surface area contributed by atoms with Crippen molar-refractivity contribution in [2.24, 2.45) is 5.41 Å². The zero-order chi connectivity index (χ0) is 28.4. The summed E-state index contributed by atoms with van der Waals surface area (Å²) in [5, 5.41) is 0. The first-order chi connectivity index (χ1) is 19.3. The van der Waals surface area contributed by atoms with Gasteiger partial charge < -0.3 is 19.1 Å². The smallest absolute Gasteiger partial charge is 0.320 e. The maximum atomic E-state index is 13.0. The van der Waals surface area contributed by atoms with Gasteiger partial charge in [-0.15, -0.1) is 0 Å². The van der Waals surface area contributed by atoms with E-state index in [1.54, 1.807) is 4.90 Å². The summed E-state index contributed by atoms with van der Waals surface area (Å²) in [7, 11) is 0.